The van der Waals surface area contributed by atoms with Crippen molar-refractivity contribution in [2.24, 2.45) is 0 Å². The molecule has 2 fully saturated rings. The molecule has 0 bridgehead atoms. The minimum atomic E-state index is 0.126. The number of ether oxygens (including phenoxy) is 1. The smallest absolute Gasteiger partial charge is 0.0711 e. The summed E-state index contributed by atoms with van der Waals surface area (Å²) in [6.45, 7) is 2.17. The van der Waals surface area contributed by atoms with Gasteiger partial charge in [-0.25, -0.2) is 0 Å². The number of rotatable bonds is 4. The van der Waals surface area contributed by atoms with Crippen LogP contribution in [0, 0.1) is 0 Å². The summed E-state index contributed by atoms with van der Waals surface area (Å²) in [6.07, 6.45) is 7.78. The zero-order valence-electron chi connectivity index (χ0n) is 16.8. The van der Waals surface area contributed by atoms with Crippen LogP contribution in [0.15, 0.2) is 72.9 Å². The molecule has 3 nitrogen and oxygen atoms in total. The van der Waals surface area contributed by atoms with Gasteiger partial charge in [-0.15, -0.1) is 0 Å². The molecular weight excluding hydrogens is 356 g/mol. The molecule has 1 aromatic heterocycles. The summed E-state index contributed by atoms with van der Waals surface area (Å²) in [4.78, 5) is 4.63. The molecule has 2 saturated heterocycles. The molecule has 3 heteroatoms. The van der Waals surface area contributed by atoms with Crippen molar-refractivity contribution in [1.82, 2.24) is 10.3 Å². The molecule has 3 heterocycles. The van der Waals surface area contributed by atoms with Gasteiger partial charge in [0.2, 0.25) is 0 Å². The van der Waals surface area contributed by atoms with Crippen molar-refractivity contribution in [3.63, 3.8) is 0 Å². The lowest BCUT2D eigenvalue weighted by Gasteiger charge is -2.33. The monoisotopic (exact) mass is 384 g/mol. The van der Waals surface area contributed by atoms with Gasteiger partial charge in [-0.2, -0.15) is 0 Å². The average Bonchev–Trinajstić information content (AvgIpc) is 3.16. The first-order valence-electron chi connectivity index (χ1n) is 10.8. The van der Waals surface area contributed by atoms with E-state index in [1.54, 1.807) is 0 Å². The van der Waals surface area contributed by atoms with E-state index >= 15 is 0 Å². The summed E-state index contributed by atoms with van der Waals surface area (Å²) in [5.41, 5.74) is 6.21. The summed E-state index contributed by atoms with van der Waals surface area (Å²) in [7, 11) is 0. The Kier molecular flexibility index (Phi) is 5.17. The first kappa shape index (κ1) is 18.5. The number of nitrogens with zero attached hydrogens (tertiary/aromatic N) is 1. The highest BCUT2D eigenvalue weighted by atomic mass is 16.5. The second kappa shape index (κ2) is 8.10. The number of benzene rings is 2. The number of hydrogen-bond donors (Lipinski definition) is 1. The third kappa shape index (κ3) is 4.12. The maximum absolute atomic E-state index is 6.52. The van der Waals surface area contributed by atoms with Crippen molar-refractivity contribution in [1.29, 1.82) is 0 Å². The van der Waals surface area contributed by atoms with Gasteiger partial charge in [0.15, 0.2) is 0 Å². The van der Waals surface area contributed by atoms with E-state index in [2.05, 4.69) is 77.0 Å². The zero-order valence-corrected chi connectivity index (χ0v) is 16.8. The summed E-state index contributed by atoms with van der Waals surface area (Å²) in [6, 6.07) is 23.7. The molecule has 1 spiro atoms. The van der Waals surface area contributed by atoms with E-state index in [4.69, 9.17) is 4.74 Å². The minimum absolute atomic E-state index is 0.126. The molecule has 5 rings (SSSR count). The number of pyridine rings is 1. The summed E-state index contributed by atoms with van der Waals surface area (Å²) in [5.74, 6) is 0. The third-order valence-electron chi connectivity index (χ3n) is 6.43. The van der Waals surface area contributed by atoms with Crippen LogP contribution in [-0.4, -0.2) is 29.8 Å². The van der Waals surface area contributed by atoms with Crippen molar-refractivity contribution in [2.45, 2.75) is 43.8 Å². The summed E-state index contributed by atoms with van der Waals surface area (Å²) < 4.78 is 6.52. The number of nitrogens with one attached hydrogen (secondary N) is 1. The SMILES string of the molecule is c1ccc(-c2ccc(-c3ccnc(CC4CCC5(CCNCC5)O4)c3)cc2)cc1. The maximum atomic E-state index is 6.52. The molecule has 2 aliphatic heterocycles. The topological polar surface area (TPSA) is 34.2 Å². The van der Waals surface area contributed by atoms with E-state index < -0.39 is 0 Å². The molecule has 1 N–H and O–H groups in total. The summed E-state index contributed by atoms with van der Waals surface area (Å²) >= 11 is 0. The van der Waals surface area contributed by atoms with Crippen molar-refractivity contribution in [3.05, 3.63) is 78.6 Å². The molecule has 0 amide bonds. The van der Waals surface area contributed by atoms with E-state index in [-0.39, 0.29) is 5.60 Å². The average molecular weight is 385 g/mol. The Hall–Kier alpha value is -2.49. The van der Waals surface area contributed by atoms with E-state index in [9.17, 15) is 0 Å². The Morgan fingerprint density at radius 1 is 0.828 bits per heavy atom. The fourth-order valence-corrected chi connectivity index (χ4v) is 4.78. The van der Waals surface area contributed by atoms with Gasteiger partial charge in [-0.3, -0.25) is 4.98 Å². The Balaban J connectivity index is 1.29. The lowest BCUT2D eigenvalue weighted by molar-refractivity contribution is -0.0588. The van der Waals surface area contributed by atoms with E-state index in [0.29, 0.717) is 6.10 Å². The number of hydrogen-bond acceptors (Lipinski definition) is 3. The van der Waals surface area contributed by atoms with Crippen LogP contribution in [-0.2, 0) is 11.2 Å². The molecule has 0 aliphatic carbocycles. The second-order valence-corrected chi connectivity index (χ2v) is 8.39. The van der Waals surface area contributed by atoms with Gasteiger partial charge in [-0.05, 0) is 73.2 Å². The predicted octanol–water partition coefficient (Wildman–Crippen LogP) is 5.26. The van der Waals surface area contributed by atoms with E-state index in [0.717, 1.165) is 44.5 Å². The highest BCUT2D eigenvalue weighted by Crippen LogP contribution is 2.38. The fourth-order valence-electron chi connectivity index (χ4n) is 4.78. The van der Waals surface area contributed by atoms with Crippen molar-refractivity contribution < 1.29 is 4.74 Å². The number of aromatic nitrogens is 1. The molecule has 0 saturated carbocycles. The van der Waals surface area contributed by atoms with E-state index in [1.165, 1.54) is 28.7 Å². The Morgan fingerprint density at radius 2 is 1.52 bits per heavy atom. The van der Waals surface area contributed by atoms with Crippen LogP contribution < -0.4 is 5.32 Å². The Bertz CT molecular complexity index is 946. The molecule has 2 aromatic carbocycles. The van der Waals surface area contributed by atoms with Gasteiger partial charge < -0.3 is 10.1 Å². The van der Waals surface area contributed by atoms with Crippen molar-refractivity contribution in [2.75, 3.05) is 13.1 Å². The van der Waals surface area contributed by atoms with Crippen LogP contribution in [0.2, 0.25) is 0 Å². The normalized spacial score (nSPS) is 20.8. The van der Waals surface area contributed by atoms with Crippen LogP contribution >= 0.6 is 0 Å². The Labute approximate surface area is 173 Å². The molecule has 2 aliphatic rings. The maximum Gasteiger partial charge on any atom is 0.0711 e. The fraction of sp³-hybridized carbons (Fsp3) is 0.346. The standard InChI is InChI=1S/C26H28N2O/c1-2-4-20(5-3-1)21-6-8-22(9-7-21)23-11-15-28-24(18-23)19-25-10-12-26(29-25)13-16-27-17-14-26/h1-9,11,15,18,25,27H,10,12-14,16-17,19H2. The first-order chi connectivity index (χ1) is 14.3. The van der Waals surface area contributed by atoms with Gasteiger partial charge >= 0.3 is 0 Å². The second-order valence-electron chi connectivity index (χ2n) is 8.39. The van der Waals surface area contributed by atoms with Crippen LogP contribution in [0.1, 0.15) is 31.4 Å². The van der Waals surface area contributed by atoms with Gasteiger partial charge in [0.1, 0.15) is 0 Å². The zero-order chi connectivity index (χ0) is 19.5. The van der Waals surface area contributed by atoms with Gasteiger partial charge in [0.05, 0.1) is 11.7 Å². The van der Waals surface area contributed by atoms with Crippen molar-refractivity contribution in [3.8, 4) is 22.3 Å². The molecule has 3 aromatic rings. The third-order valence-corrected chi connectivity index (χ3v) is 6.43. The number of piperidine rings is 1. The van der Waals surface area contributed by atoms with Crippen LogP contribution in [0.5, 0.6) is 0 Å². The highest BCUT2D eigenvalue weighted by Gasteiger charge is 2.40. The first-order valence-corrected chi connectivity index (χ1v) is 10.8. The highest BCUT2D eigenvalue weighted by molar-refractivity contribution is 5.70. The lowest BCUT2D eigenvalue weighted by atomic mass is 9.89. The molecule has 1 atom stereocenters. The molecule has 148 valence electrons. The summed E-state index contributed by atoms with van der Waals surface area (Å²) in [5, 5.41) is 3.45. The molecule has 1 unspecified atom stereocenters. The van der Waals surface area contributed by atoms with Crippen LogP contribution in [0.3, 0.4) is 0 Å². The van der Waals surface area contributed by atoms with Gasteiger partial charge in [0, 0.05) is 18.3 Å². The van der Waals surface area contributed by atoms with Crippen LogP contribution in [0.25, 0.3) is 22.3 Å². The molecular formula is C26H28N2O. The molecule has 29 heavy (non-hydrogen) atoms. The quantitative estimate of drug-likeness (QED) is 0.666. The van der Waals surface area contributed by atoms with Gasteiger partial charge in [0.25, 0.3) is 0 Å². The van der Waals surface area contributed by atoms with Crippen molar-refractivity contribution >= 4 is 0 Å². The Morgan fingerprint density at radius 3 is 2.28 bits per heavy atom. The lowest BCUT2D eigenvalue weighted by Crippen LogP contribution is -2.42. The minimum Gasteiger partial charge on any atom is -0.371 e. The van der Waals surface area contributed by atoms with E-state index in [1.807, 2.05) is 6.20 Å². The predicted molar refractivity (Wildman–Crippen MR) is 118 cm³/mol. The molecule has 0 radical (unpaired) electrons. The largest absolute Gasteiger partial charge is 0.371 e. The van der Waals surface area contributed by atoms with Crippen LogP contribution in [0.4, 0.5) is 0 Å². The van der Waals surface area contributed by atoms with Gasteiger partial charge in [-0.1, -0.05) is 54.6 Å².